The highest BCUT2D eigenvalue weighted by atomic mass is 19.1. The van der Waals surface area contributed by atoms with Crippen molar-refractivity contribution >= 4 is 11.0 Å². The van der Waals surface area contributed by atoms with Crippen molar-refractivity contribution in [1.29, 1.82) is 0 Å². The van der Waals surface area contributed by atoms with Crippen molar-refractivity contribution in [3.05, 3.63) is 29.8 Å². The van der Waals surface area contributed by atoms with E-state index in [9.17, 15) is 4.39 Å². The minimum Gasteiger partial charge on any atom is -0.330 e. The molecule has 1 atom stereocenters. The molecule has 2 aromatic rings. The summed E-state index contributed by atoms with van der Waals surface area (Å²) in [7, 11) is 0. The zero-order valence-electron chi connectivity index (χ0n) is 11.2. The van der Waals surface area contributed by atoms with E-state index in [1.165, 1.54) is 6.07 Å². The first-order valence-electron chi connectivity index (χ1n) is 6.45. The predicted octanol–water partition coefficient (Wildman–Crippen LogP) is 3.21. The molecule has 0 aliphatic heterocycles. The predicted molar refractivity (Wildman–Crippen MR) is 72.2 cm³/mol. The Hall–Kier alpha value is -1.42. The normalized spacial score (nSPS) is 13.4. The van der Waals surface area contributed by atoms with Gasteiger partial charge in [0.05, 0.1) is 11.0 Å². The van der Waals surface area contributed by atoms with Gasteiger partial charge in [-0.15, -0.1) is 0 Å². The summed E-state index contributed by atoms with van der Waals surface area (Å²) >= 11 is 0. The van der Waals surface area contributed by atoms with Gasteiger partial charge in [0.1, 0.15) is 11.6 Å². The van der Waals surface area contributed by atoms with Crippen LogP contribution in [-0.4, -0.2) is 16.1 Å². The van der Waals surface area contributed by atoms with Crippen molar-refractivity contribution in [2.45, 2.75) is 39.2 Å². The van der Waals surface area contributed by atoms with E-state index < -0.39 is 0 Å². The van der Waals surface area contributed by atoms with Crippen LogP contribution in [0.1, 0.15) is 45.0 Å². The van der Waals surface area contributed by atoms with Crippen molar-refractivity contribution in [3.63, 3.8) is 0 Å². The third kappa shape index (κ3) is 2.12. The molecule has 0 saturated heterocycles. The van der Waals surface area contributed by atoms with E-state index >= 15 is 0 Å². The zero-order chi connectivity index (χ0) is 13.3. The van der Waals surface area contributed by atoms with Crippen molar-refractivity contribution < 1.29 is 4.39 Å². The van der Waals surface area contributed by atoms with Crippen LogP contribution in [-0.2, 0) is 0 Å². The second-order valence-electron chi connectivity index (χ2n) is 4.91. The first-order valence-corrected chi connectivity index (χ1v) is 6.45. The molecule has 0 spiro atoms. The molecule has 0 saturated carbocycles. The fourth-order valence-electron chi connectivity index (χ4n) is 2.37. The van der Waals surface area contributed by atoms with Gasteiger partial charge in [-0.25, -0.2) is 9.37 Å². The number of fused-ring (bicyclic) bond motifs is 1. The minimum absolute atomic E-state index is 0.225. The summed E-state index contributed by atoms with van der Waals surface area (Å²) in [6.07, 6.45) is 0.940. The lowest BCUT2D eigenvalue weighted by Crippen LogP contribution is -2.18. The van der Waals surface area contributed by atoms with Gasteiger partial charge < -0.3 is 10.3 Å². The molecule has 2 N–H and O–H groups in total. The Morgan fingerprint density at radius 3 is 2.67 bits per heavy atom. The Bertz CT molecular complexity index is 541. The Morgan fingerprint density at radius 2 is 2.11 bits per heavy atom. The molecule has 4 heteroatoms. The number of nitrogens with two attached hydrogens (primary N) is 1. The largest absolute Gasteiger partial charge is 0.330 e. The number of benzene rings is 1. The van der Waals surface area contributed by atoms with Gasteiger partial charge in [0.2, 0.25) is 0 Å². The molecule has 1 aromatic heterocycles. The smallest absolute Gasteiger partial charge is 0.125 e. The first kappa shape index (κ1) is 13.0. The molecule has 1 aromatic carbocycles. The SMILES string of the molecule is CCC(CN)c1nc2ccc(F)cc2n1C(C)C. The van der Waals surface area contributed by atoms with Crippen LogP contribution < -0.4 is 5.73 Å². The molecular weight excluding hydrogens is 229 g/mol. The highest BCUT2D eigenvalue weighted by molar-refractivity contribution is 5.76. The molecule has 2 rings (SSSR count). The second kappa shape index (κ2) is 5.06. The van der Waals surface area contributed by atoms with Gasteiger partial charge >= 0.3 is 0 Å². The van der Waals surface area contributed by atoms with Crippen LogP contribution in [0.25, 0.3) is 11.0 Å². The Labute approximate surface area is 107 Å². The molecule has 0 bridgehead atoms. The van der Waals surface area contributed by atoms with Crippen LogP contribution in [0.2, 0.25) is 0 Å². The summed E-state index contributed by atoms with van der Waals surface area (Å²) in [6, 6.07) is 4.98. The third-order valence-electron chi connectivity index (χ3n) is 3.34. The number of rotatable bonds is 4. The van der Waals surface area contributed by atoms with Gasteiger partial charge in [0, 0.05) is 18.5 Å². The Kier molecular flexibility index (Phi) is 3.66. The van der Waals surface area contributed by atoms with Gasteiger partial charge in [-0.3, -0.25) is 0 Å². The molecule has 1 heterocycles. The van der Waals surface area contributed by atoms with Crippen LogP contribution in [0.15, 0.2) is 18.2 Å². The molecule has 0 aliphatic rings. The average Bonchev–Trinajstić information content (AvgIpc) is 2.69. The first-order chi connectivity index (χ1) is 8.58. The molecule has 0 radical (unpaired) electrons. The van der Waals surface area contributed by atoms with Crippen LogP contribution in [0.4, 0.5) is 4.39 Å². The summed E-state index contributed by atoms with van der Waals surface area (Å²) in [4.78, 5) is 4.63. The maximum Gasteiger partial charge on any atom is 0.125 e. The third-order valence-corrected chi connectivity index (χ3v) is 3.34. The number of nitrogens with zero attached hydrogens (tertiary/aromatic N) is 2. The maximum atomic E-state index is 13.4. The van der Waals surface area contributed by atoms with Crippen LogP contribution in [0.3, 0.4) is 0 Å². The topological polar surface area (TPSA) is 43.8 Å². The van der Waals surface area contributed by atoms with E-state index in [0.717, 1.165) is 23.3 Å². The van der Waals surface area contributed by atoms with Crippen molar-refractivity contribution in [2.75, 3.05) is 6.54 Å². The van der Waals surface area contributed by atoms with Gasteiger partial charge in [-0.05, 0) is 38.5 Å². The van der Waals surface area contributed by atoms with E-state index in [4.69, 9.17) is 5.73 Å². The average molecular weight is 249 g/mol. The maximum absolute atomic E-state index is 13.4. The molecule has 98 valence electrons. The lowest BCUT2D eigenvalue weighted by atomic mass is 10.1. The van der Waals surface area contributed by atoms with E-state index in [-0.39, 0.29) is 17.8 Å². The van der Waals surface area contributed by atoms with Crippen LogP contribution >= 0.6 is 0 Å². The van der Waals surface area contributed by atoms with Crippen molar-refractivity contribution in [2.24, 2.45) is 5.73 Å². The van der Waals surface area contributed by atoms with Gasteiger partial charge in [0.25, 0.3) is 0 Å². The molecule has 18 heavy (non-hydrogen) atoms. The lowest BCUT2D eigenvalue weighted by Gasteiger charge is -2.18. The van der Waals surface area contributed by atoms with Crippen molar-refractivity contribution in [1.82, 2.24) is 9.55 Å². The summed E-state index contributed by atoms with van der Waals surface area (Å²) in [6.45, 7) is 6.83. The number of hydrogen-bond donors (Lipinski definition) is 1. The highest BCUT2D eigenvalue weighted by Gasteiger charge is 2.19. The highest BCUT2D eigenvalue weighted by Crippen LogP contribution is 2.27. The zero-order valence-corrected chi connectivity index (χ0v) is 11.2. The standard InChI is InChI=1S/C14H20FN3/c1-4-10(8-16)14-17-12-6-5-11(15)7-13(12)18(14)9(2)3/h5-7,9-10H,4,8,16H2,1-3H3. The fraction of sp³-hybridized carbons (Fsp3) is 0.500. The summed E-state index contributed by atoms with van der Waals surface area (Å²) in [5.41, 5.74) is 7.50. The quantitative estimate of drug-likeness (QED) is 0.904. The van der Waals surface area contributed by atoms with Crippen molar-refractivity contribution in [3.8, 4) is 0 Å². The van der Waals surface area contributed by atoms with E-state index in [2.05, 4.69) is 30.3 Å². The number of aromatic nitrogens is 2. The van der Waals surface area contributed by atoms with E-state index in [1.807, 2.05) is 0 Å². The summed E-state index contributed by atoms with van der Waals surface area (Å²) < 4.78 is 15.5. The molecular formula is C14H20FN3. The Morgan fingerprint density at radius 1 is 1.39 bits per heavy atom. The molecule has 0 amide bonds. The van der Waals surface area contributed by atoms with Crippen LogP contribution in [0.5, 0.6) is 0 Å². The van der Waals surface area contributed by atoms with Gasteiger partial charge in [-0.1, -0.05) is 6.92 Å². The molecule has 0 fully saturated rings. The van der Waals surface area contributed by atoms with Gasteiger partial charge in [-0.2, -0.15) is 0 Å². The lowest BCUT2D eigenvalue weighted by molar-refractivity contribution is 0.529. The van der Waals surface area contributed by atoms with Gasteiger partial charge in [0.15, 0.2) is 0 Å². The fourth-order valence-corrected chi connectivity index (χ4v) is 2.37. The second-order valence-corrected chi connectivity index (χ2v) is 4.91. The number of hydrogen-bond acceptors (Lipinski definition) is 2. The van der Waals surface area contributed by atoms with E-state index in [0.29, 0.717) is 6.54 Å². The minimum atomic E-state index is -0.225. The van der Waals surface area contributed by atoms with Crippen LogP contribution in [0, 0.1) is 5.82 Å². The van der Waals surface area contributed by atoms with E-state index in [1.54, 1.807) is 12.1 Å². The number of imidazole rings is 1. The molecule has 1 unspecified atom stereocenters. The molecule has 0 aliphatic carbocycles. The Balaban J connectivity index is 2.69. The molecule has 3 nitrogen and oxygen atoms in total. The summed E-state index contributed by atoms with van der Waals surface area (Å²) in [5.74, 6) is 0.968. The summed E-state index contributed by atoms with van der Waals surface area (Å²) in [5, 5.41) is 0. The number of halogens is 1. The monoisotopic (exact) mass is 249 g/mol.